The average molecular weight is 268 g/mol. The van der Waals surface area contributed by atoms with E-state index in [0.717, 1.165) is 5.56 Å². The Morgan fingerprint density at radius 1 is 1.39 bits per heavy atom. The van der Waals surface area contributed by atoms with E-state index in [1.807, 2.05) is 6.07 Å². The summed E-state index contributed by atoms with van der Waals surface area (Å²) in [4.78, 5) is 12.0. The maximum atomic E-state index is 12.0. The van der Waals surface area contributed by atoms with Crippen molar-refractivity contribution in [2.45, 2.75) is 19.0 Å². The summed E-state index contributed by atoms with van der Waals surface area (Å²) in [6.45, 7) is 0.284. The first kappa shape index (κ1) is 13.0. The number of hydrogen-bond donors (Lipinski definition) is 2. The van der Waals surface area contributed by atoms with E-state index in [0.29, 0.717) is 12.0 Å². The Hall–Kier alpha value is -1.40. The normalized spacial score (nSPS) is 21.7. The lowest BCUT2D eigenvalue weighted by molar-refractivity contribution is 0.0940. The molecule has 3 N–H and O–H groups in total. The summed E-state index contributed by atoms with van der Waals surface area (Å²) < 4.78 is 22.6. The van der Waals surface area contributed by atoms with E-state index >= 15 is 0 Å². The molecule has 1 unspecified atom stereocenters. The van der Waals surface area contributed by atoms with Crippen LogP contribution in [0, 0.1) is 0 Å². The summed E-state index contributed by atoms with van der Waals surface area (Å²) in [5.74, 6) is -0.0711. The summed E-state index contributed by atoms with van der Waals surface area (Å²) >= 11 is 0. The van der Waals surface area contributed by atoms with Gasteiger partial charge in [0.15, 0.2) is 9.84 Å². The second-order valence-corrected chi connectivity index (χ2v) is 6.66. The Balaban J connectivity index is 2.09. The molecule has 1 amide bonds. The molecule has 0 spiro atoms. The van der Waals surface area contributed by atoms with E-state index in [4.69, 9.17) is 5.73 Å². The highest BCUT2D eigenvalue weighted by molar-refractivity contribution is 7.91. The molecule has 0 aromatic heterocycles. The van der Waals surface area contributed by atoms with Gasteiger partial charge in [-0.1, -0.05) is 18.2 Å². The maximum Gasteiger partial charge on any atom is 0.251 e. The monoisotopic (exact) mass is 268 g/mol. The summed E-state index contributed by atoms with van der Waals surface area (Å²) in [6, 6.07) is 6.79. The second-order valence-electron chi connectivity index (χ2n) is 4.43. The van der Waals surface area contributed by atoms with E-state index < -0.39 is 9.84 Å². The quantitative estimate of drug-likeness (QED) is 0.811. The van der Waals surface area contributed by atoms with Crippen molar-refractivity contribution in [3.05, 3.63) is 35.4 Å². The fraction of sp³-hybridized carbons (Fsp3) is 0.417. The van der Waals surface area contributed by atoms with Gasteiger partial charge in [0.1, 0.15) is 0 Å². The van der Waals surface area contributed by atoms with E-state index in [2.05, 4.69) is 5.32 Å². The standard InChI is InChI=1S/C12H16N2O3S/c13-7-9-3-1-2-4-11(9)12(15)14-10-5-6-18(16,17)8-10/h1-4,10H,5-8,13H2,(H,14,15). The summed E-state index contributed by atoms with van der Waals surface area (Å²) in [5, 5.41) is 2.75. The summed E-state index contributed by atoms with van der Waals surface area (Å²) in [6.07, 6.45) is 0.485. The molecule has 18 heavy (non-hydrogen) atoms. The predicted molar refractivity (Wildman–Crippen MR) is 68.9 cm³/mol. The summed E-state index contributed by atoms with van der Waals surface area (Å²) in [5.41, 5.74) is 6.84. The molecule has 2 rings (SSSR count). The third kappa shape index (κ3) is 2.88. The molecule has 0 aliphatic carbocycles. The van der Waals surface area contributed by atoms with Gasteiger partial charge in [-0.3, -0.25) is 4.79 Å². The smallest absolute Gasteiger partial charge is 0.251 e. The molecule has 1 saturated heterocycles. The molecular formula is C12H16N2O3S. The van der Waals surface area contributed by atoms with Crippen molar-refractivity contribution in [1.82, 2.24) is 5.32 Å². The van der Waals surface area contributed by atoms with Crippen LogP contribution in [0.3, 0.4) is 0 Å². The van der Waals surface area contributed by atoms with Gasteiger partial charge in [0.05, 0.1) is 11.5 Å². The fourth-order valence-electron chi connectivity index (χ4n) is 2.09. The molecule has 0 bridgehead atoms. The number of nitrogens with two attached hydrogens (primary N) is 1. The van der Waals surface area contributed by atoms with Gasteiger partial charge >= 0.3 is 0 Å². The van der Waals surface area contributed by atoms with Crippen molar-refractivity contribution in [2.24, 2.45) is 5.73 Å². The van der Waals surface area contributed by atoms with Gasteiger partial charge in [0.25, 0.3) is 5.91 Å². The van der Waals surface area contributed by atoms with E-state index in [1.54, 1.807) is 18.2 Å². The van der Waals surface area contributed by atoms with Crippen LogP contribution in [0.2, 0.25) is 0 Å². The van der Waals surface area contributed by atoms with Crippen molar-refractivity contribution in [1.29, 1.82) is 0 Å². The van der Waals surface area contributed by atoms with Crippen LogP contribution in [-0.4, -0.2) is 31.9 Å². The van der Waals surface area contributed by atoms with Gasteiger partial charge < -0.3 is 11.1 Å². The van der Waals surface area contributed by atoms with Crippen LogP contribution in [0.1, 0.15) is 22.3 Å². The first-order valence-electron chi connectivity index (χ1n) is 5.81. The third-order valence-corrected chi connectivity index (χ3v) is 4.82. The van der Waals surface area contributed by atoms with Crippen molar-refractivity contribution in [3.8, 4) is 0 Å². The number of nitrogens with one attached hydrogen (secondary N) is 1. The van der Waals surface area contributed by atoms with Crippen LogP contribution >= 0.6 is 0 Å². The van der Waals surface area contributed by atoms with Gasteiger partial charge in [-0.25, -0.2) is 8.42 Å². The zero-order valence-corrected chi connectivity index (χ0v) is 10.7. The first-order chi connectivity index (χ1) is 8.52. The van der Waals surface area contributed by atoms with Gasteiger partial charge in [0, 0.05) is 18.2 Å². The molecule has 1 fully saturated rings. The maximum absolute atomic E-state index is 12.0. The number of sulfone groups is 1. The number of carbonyl (C=O) groups excluding carboxylic acids is 1. The Morgan fingerprint density at radius 2 is 2.11 bits per heavy atom. The van der Waals surface area contributed by atoms with E-state index in [1.165, 1.54) is 0 Å². The lowest BCUT2D eigenvalue weighted by Gasteiger charge is -2.12. The Bertz CT molecular complexity index is 554. The summed E-state index contributed by atoms with van der Waals surface area (Å²) in [7, 11) is -2.98. The molecule has 1 atom stereocenters. The third-order valence-electron chi connectivity index (χ3n) is 3.05. The van der Waals surface area contributed by atoms with Gasteiger partial charge in [-0.15, -0.1) is 0 Å². The fourth-order valence-corrected chi connectivity index (χ4v) is 3.77. The van der Waals surface area contributed by atoms with Gasteiger partial charge in [0.2, 0.25) is 0 Å². The SMILES string of the molecule is NCc1ccccc1C(=O)NC1CCS(=O)(=O)C1. The Labute approximate surface area is 106 Å². The first-order valence-corrected chi connectivity index (χ1v) is 7.63. The minimum absolute atomic E-state index is 0.0313. The van der Waals surface area contributed by atoms with Crippen molar-refractivity contribution >= 4 is 15.7 Å². The van der Waals surface area contributed by atoms with Crippen molar-refractivity contribution < 1.29 is 13.2 Å². The second kappa shape index (κ2) is 5.07. The predicted octanol–water partition coefficient (Wildman–Crippen LogP) is 0.0622. The minimum atomic E-state index is -2.98. The molecule has 0 saturated carbocycles. The zero-order valence-electron chi connectivity index (χ0n) is 9.93. The molecule has 1 heterocycles. The van der Waals surface area contributed by atoms with Gasteiger partial charge in [-0.05, 0) is 18.1 Å². The zero-order chi connectivity index (χ0) is 13.2. The molecule has 1 aliphatic rings. The number of amides is 1. The highest BCUT2D eigenvalue weighted by Gasteiger charge is 2.29. The highest BCUT2D eigenvalue weighted by atomic mass is 32.2. The Kier molecular flexibility index (Phi) is 3.68. The van der Waals surface area contributed by atoms with E-state index in [9.17, 15) is 13.2 Å². The molecule has 1 aliphatic heterocycles. The molecule has 0 radical (unpaired) electrons. The average Bonchev–Trinajstić information content (AvgIpc) is 2.68. The minimum Gasteiger partial charge on any atom is -0.348 e. The van der Waals surface area contributed by atoms with Gasteiger partial charge in [-0.2, -0.15) is 0 Å². The van der Waals surface area contributed by atoms with Crippen LogP contribution in [0.4, 0.5) is 0 Å². The highest BCUT2D eigenvalue weighted by Crippen LogP contribution is 2.13. The van der Waals surface area contributed by atoms with Crippen LogP contribution in [0.25, 0.3) is 0 Å². The van der Waals surface area contributed by atoms with Crippen molar-refractivity contribution in [2.75, 3.05) is 11.5 Å². The lowest BCUT2D eigenvalue weighted by atomic mass is 10.1. The van der Waals surface area contributed by atoms with Crippen LogP contribution < -0.4 is 11.1 Å². The van der Waals surface area contributed by atoms with E-state index in [-0.39, 0.29) is 30.0 Å². The number of hydrogen-bond acceptors (Lipinski definition) is 4. The molecule has 98 valence electrons. The topological polar surface area (TPSA) is 89.3 Å². The number of rotatable bonds is 3. The van der Waals surface area contributed by atoms with Crippen molar-refractivity contribution in [3.63, 3.8) is 0 Å². The van der Waals surface area contributed by atoms with Crippen LogP contribution in [-0.2, 0) is 16.4 Å². The molecule has 1 aromatic carbocycles. The Morgan fingerprint density at radius 3 is 2.72 bits per heavy atom. The van der Waals surface area contributed by atoms with Crippen LogP contribution in [0.5, 0.6) is 0 Å². The largest absolute Gasteiger partial charge is 0.348 e. The lowest BCUT2D eigenvalue weighted by Crippen LogP contribution is -2.36. The number of carbonyl (C=O) groups is 1. The molecular weight excluding hydrogens is 252 g/mol. The number of benzene rings is 1. The molecule has 6 heteroatoms. The molecule has 5 nitrogen and oxygen atoms in total. The van der Waals surface area contributed by atoms with Crippen LogP contribution in [0.15, 0.2) is 24.3 Å². The molecule has 1 aromatic rings.